The zero-order chi connectivity index (χ0) is 7.28. The summed E-state index contributed by atoms with van der Waals surface area (Å²) >= 11 is 0. The highest BCUT2D eigenvalue weighted by Gasteiger charge is 2.03. The molecular weight excluding hydrogens is 118 g/mol. The van der Waals surface area contributed by atoms with E-state index in [2.05, 4.69) is 11.9 Å². The minimum atomic E-state index is -0.289. The lowest BCUT2D eigenvalue weighted by Crippen LogP contribution is -2.31. The van der Waals surface area contributed by atoms with Crippen molar-refractivity contribution < 1.29 is 9.90 Å². The molecule has 0 fully saturated rings. The number of nitrogens with one attached hydrogen (secondary N) is 1. The summed E-state index contributed by atoms with van der Waals surface area (Å²) in [5.74, 6) is 0. The molecule has 2 N–H and O–H groups in total. The molecule has 9 heavy (non-hydrogen) atoms. The van der Waals surface area contributed by atoms with Crippen LogP contribution in [0.25, 0.3) is 0 Å². The summed E-state index contributed by atoms with van der Waals surface area (Å²) in [4.78, 5) is 9.82. The van der Waals surface area contributed by atoms with Crippen molar-refractivity contribution in [1.29, 1.82) is 0 Å². The second-order valence-corrected chi connectivity index (χ2v) is 1.87. The Hall–Kier alpha value is -0.830. The zero-order valence-electron chi connectivity index (χ0n) is 5.42. The van der Waals surface area contributed by atoms with E-state index in [4.69, 9.17) is 5.11 Å². The van der Waals surface area contributed by atoms with Crippen LogP contribution in [0.3, 0.4) is 0 Å². The molecule has 0 heterocycles. The summed E-state index contributed by atoms with van der Waals surface area (Å²) in [5.41, 5.74) is 0.754. The number of rotatable bonds is 4. The Balaban J connectivity index is 3.67. The van der Waals surface area contributed by atoms with E-state index in [1.165, 1.54) is 0 Å². The molecule has 0 bridgehead atoms. The van der Waals surface area contributed by atoms with Gasteiger partial charge in [-0.15, -0.1) is 0 Å². The Morgan fingerprint density at radius 1 is 2.00 bits per heavy atom. The molecule has 0 aliphatic rings. The van der Waals surface area contributed by atoms with Gasteiger partial charge in [0.1, 0.15) is 0 Å². The van der Waals surface area contributed by atoms with Crippen molar-refractivity contribution in [2.45, 2.75) is 13.0 Å². The molecule has 52 valence electrons. The van der Waals surface area contributed by atoms with Crippen LogP contribution in [0.1, 0.15) is 6.92 Å². The molecule has 1 atom stereocenters. The average molecular weight is 129 g/mol. The molecule has 0 saturated heterocycles. The molecule has 0 aliphatic carbocycles. The van der Waals surface area contributed by atoms with E-state index >= 15 is 0 Å². The number of amides is 1. The van der Waals surface area contributed by atoms with E-state index in [9.17, 15) is 4.79 Å². The van der Waals surface area contributed by atoms with Gasteiger partial charge in [0.05, 0.1) is 12.6 Å². The highest BCUT2D eigenvalue weighted by molar-refractivity contribution is 5.47. The summed E-state index contributed by atoms with van der Waals surface area (Å²) in [5, 5.41) is 10.9. The van der Waals surface area contributed by atoms with E-state index in [1.807, 2.05) is 0 Å². The summed E-state index contributed by atoms with van der Waals surface area (Å²) in [7, 11) is 0. The second kappa shape index (κ2) is 4.09. The van der Waals surface area contributed by atoms with E-state index in [1.54, 1.807) is 6.92 Å². The van der Waals surface area contributed by atoms with Gasteiger partial charge >= 0.3 is 0 Å². The van der Waals surface area contributed by atoms with E-state index in [0.717, 1.165) is 5.57 Å². The van der Waals surface area contributed by atoms with Gasteiger partial charge in [-0.2, -0.15) is 0 Å². The van der Waals surface area contributed by atoms with Gasteiger partial charge in [0.15, 0.2) is 0 Å². The van der Waals surface area contributed by atoms with Gasteiger partial charge in [-0.1, -0.05) is 12.2 Å². The van der Waals surface area contributed by atoms with Crippen molar-refractivity contribution in [3.8, 4) is 0 Å². The van der Waals surface area contributed by atoms with E-state index in [0.29, 0.717) is 6.41 Å². The average Bonchev–Trinajstić information content (AvgIpc) is 1.82. The van der Waals surface area contributed by atoms with E-state index < -0.39 is 0 Å². The minimum Gasteiger partial charge on any atom is -0.394 e. The highest BCUT2D eigenvalue weighted by atomic mass is 16.3. The van der Waals surface area contributed by atoms with Crippen molar-refractivity contribution in [3.63, 3.8) is 0 Å². The monoisotopic (exact) mass is 129 g/mol. The van der Waals surface area contributed by atoms with Crippen LogP contribution >= 0.6 is 0 Å². The third kappa shape index (κ3) is 2.87. The maximum Gasteiger partial charge on any atom is 0.207 e. The molecule has 0 aliphatic heterocycles. The van der Waals surface area contributed by atoms with Gasteiger partial charge in [-0.3, -0.25) is 4.79 Å². The third-order valence-corrected chi connectivity index (χ3v) is 1.05. The van der Waals surface area contributed by atoms with Crippen LogP contribution in [0.5, 0.6) is 0 Å². The molecule has 1 amide bonds. The van der Waals surface area contributed by atoms with Crippen LogP contribution in [0.2, 0.25) is 0 Å². The number of aliphatic hydroxyl groups is 1. The lowest BCUT2D eigenvalue weighted by Gasteiger charge is -2.11. The Morgan fingerprint density at radius 3 is 2.67 bits per heavy atom. The molecule has 0 rings (SSSR count). The molecule has 0 spiro atoms. The SMILES string of the molecule is C=C(C)[C@@H](CO)NC=O. The van der Waals surface area contributed by atoms with Gasteiger partial charge in [0.2, 0.25) is 6.41 Å². The first-order chi connectivity index (χ1) is 4.22. The van der Waals surface area contributed by atoms with Crippen molar-refractivity contribution in [1.82, 2.24) is 5.32 Å². The normalized spacial score (nSPS) is 12.2. The maximum absolute atomic E-state index is 9.82. The fourth-order valence-electron chi connectivity index (χ4n) is 0.433. The van der Waals surface area contributed by atoms with Gasteiger partial charge in [0, 0.05) is 0 Å². The Bertz CT molecular complexity index is 112. The van der Waals surface area contributed by atoms with Crippen molar-refractivity contribution >= 4 is 6.41 Å². The Morgan fingerprint density at radius 2 is 2.56 bits per heavy atom. The van der Waals surface area contributed by atoms with Crippen LogP contribution < -0.4 is 5.32 Å². The van der Waals surface area contributed by atoms with Gasteiger partial charge in [-0.05, 0) is 6.92 Å². The van der Waals surface area contributed by atoms with E-state index in [-0.39, 0.29) is 12.6 Å². The predicted molar refractivity (Wildman–Crippen MR) is 34.9 cm³/mol. The van der Waals surface area contributed by atoms with Crippen LogP contribution in [0, 0.1) is 0 Å². The lowest BCUT2D eigenvalue weighted by atomic mass is 10.2. The number of hydrogen-bond donors (Lipinski definition) is 2. The molecule has 0 aromatic rings. The van der Waals surface area contributed by atoms with Crippen molar-refractivity contribution in [2.24, 2.45) is 0 Å². The van der Waals surface area contributed by atoms with Crippen LogP contribution in [0.4, 0.5) is 0 Å². The predicted octanol–water partition coefficient (Wildman–Crippen LogP) is -0.331. The summed E-state index contributed by atoms with van der Waals surface area (Å²) in [6.07, 6.45) is 0.551. The molecular formula is C6H11NO2. The smallest absolute Gasteiger partial charge is 0.207 e. The standard InChI is InChI=1S/C6H11NO2/c1-5(2)6(3-8)7-4-9/h4,6,8H,1,3H2,2H3,(H,7,9)/t6-/m1/s1. The molecule has 3 heteroatoms. The van der Waals surface area contributed by atoms with Crippen LogP contribution in [-0.2, 0) is 4.79 Å². The number of hydrogen-bond acceptors (Lipinski definition) is 2. The lowest BCUT2D eigenvalue weighted by molar-refractivity contribution is -0.110. The number of carbonyl (C=O) groups excluding carboxylic acids is 1. The molecule has 0 saturated carbocycles. The second-order valence-electron chi connectivity index (χ2n) is 1.87. The number of carbonyl (C=O) groups is 1. The zero-order valence-corrected chi connectivity index (χ0v) is 5.42. The molecule has 0 radical (unpaired) electrons. The summed E-state index contributed by atoms with van der Waals surface area (Å²) in [6.45, 7) is 5.22. The molecule has 0 unspecified atom stereocenters. The molecule has 0 aromatic carbocycles. The third-order valence-electron chi connectivity index (χ3n) is 1.05. The fourth-order valence-corrected chi connectivity index (χ4v) is 0.433. The Kier molecular flexibility index (Phi) is 3.71. The first-order valence-corrected chi connectivity index (χ1v) is 2.68. The van der Waals surface area contributed by atoms with Crippen LogP contribution in [0.15, 0.2) is 12.2 Å². The van der Waals surface area contributed by atoms with Gasteiger partial charge in [-0.25, -0.2) is 0 Å². The Labute approximate surface area is 54.4 Å². The van der Waals surface area contributed by atoms with Gasteiger partial charge < -0.3 is 10.4 Å². The first-order valence-electron chi connectivity index (χ1n) is 2.68. The largest absolute Gasteiger partial charge is 0.394 e. The molecule has 0 aromatic heterocycles. The van der Waals surface area contributed by atoms with Crippen molar-refractivity contribution in [2.75, 3.05) is 6.61 Å². The summed E-state index contributed by atoms with van der Waals surface area (Å²) in [6, 6.07) is -0.289. The maximum atomic E-state index is 9.82. The molecule has 3 nitrogen and oxygen atoms in total. The minimum absolute atomic E-state index is 0.0892. The quantitative estimate of drug-likeness (QED) is 0.403. The highest BCUT2D eigenvalue weighted by Crippen LogP contribution is 1.93. The topological polar surface area (TPSA) is 49.3 Å². The van der Waals surface area contributed by atoms with Gasteiger partial charge in [0.25, 0.3) is 0 Å². The summed E-state index contributed by atoms with van der Waals surface area (Å²) < 4.78 is 0. The fraction of sp³-hybridized carbons (Fsp3) is 0.500. The van der Waals surface area contributed by atoms with Crippen LogP contribution in [-0.4, -0.2) is 24.2 Å². The number of aliphatic hydroxyl groups excluding tert-OH is 1. The van der Waals surface area contributed by atoms with Crippen molar-refractivity contribution in [3.05, 3.63) is 12.2 Å². The first kappa shape index (κ1) is 8.17.